The van der Waals surface area contributed by atoms with Crippen LogP contribution in [-0.4, -0.2) is 77.8 Å². The van der Waals surface area contributed by atoms with Crippen LogP contribution in [0.1, 0.15) is 0 Å². The minimum absolute atomic E-state index is 0.481. The lowest BCUT2D eigenvalue weighted by atomic mass is 10.3. The summed E-state index contributed by atoms with van der Waals surface area (Å²) >= 11 is 11.0. The lowest BCUT2D eigenvalue weighted by Crippen LogP contribution is -2.12. The Morgan fingerprint density at radius 2 is 0.769 bits per heavy atom. The quantitative estimate of drug-likeness (QED) is 0.274. The van der Waals surface area contributed by atoms with E-state index in [1.54, 1.807) is 0 Å². The van der Waals surface area contributed by atoms with Crippen LogP contribution < -0.4 is 9.47 Å². The molecule has 0 bridgehead atoms. The Morgan fingerprint density at radius 1 is 0.462 bits per heavy atom. The lowest BCUT2D eigenvalue weighted by molar-refractivity contribution is 0.0406. The number of halogens is 2. The van der Waals surface area contributed by atoms with Gasteiger partial charge >= 0.3 is 0 Å². The number of ether oxygens (including phenoxy) is 6. The van der Waals surface area contributed by atoms with E-state index in [0.717, 1.165) is 11.5 Å². The Hall–Kier alpha value is -0.760. The van der Waals surface area contributed by atoms with Crippen LogP contribution in [0.15, 0.2) is 24.3 Å². The molecule has 0 aliphatic carbocycles. The van der Waals surface area contributed by atoms with E-state index in [2.05, 4.69) is 0 Å². The standard InChI is InChI=1S/C18H28Cl2O6/c19-5-7-21-9-11-23-13-15-25-17-1-2-18(4-3-17)26-16-14-24-12-10-22-8-6-20/h1-4H,5-16H2. The third kappa shape index (κ3) is 13.4. The summed E-state index contributed by atoms with van der Waals surface area (Å²) in [6.07, 6.45) is 0. The van der Waals surface area contributed by atoms with Crippen LogP contribution in [0, 0.1) is 0 Å². The molecule has 0 N–H and O–H groups in total. The van der Waals surface area contributed by atoms with Crippen LogP contribution in [-0.2, 0) is 18.9 Å². The fourth-order valence-corrected chi connectivity index (χ4v) is 2.04. The molecule has 0 aliphatic heterocycles. The molecular formula is C18H28Cl2O6. The maximum absolute atomic E-state index is 5.59. The van der Waals surface area contributed by atoms with Gasteiger partial charge in [-0.3, -0.25) is 0 Å². The van der Waals surface area contributed by atoms with Gasteiger partial charge in [0.15, 0.2) is 0 Å². The highest BCUT2D eigenvalue weighted by molar-refractivity contribution is 6.18. The molecule has 6 nitrogen and oxygen atoms in total. The molecule has 0 atom stereocenters. The first-order chi connectivity index (χ1) is 12.9. The van der Waals surface area contributed by atoms with E-state index in [4.69, 9.17) is 51.6 Å². The van der Waals surface area contributed by atoms with Gasteiger partial charge in [0.2, 0.25) is 0 Å². The molecule has 0 aliphatic rings. The maximum Gasteiger partial charge on any atom is 0.119 e. The molecule has 0 saturated carbocycles. The van der Waals surface area contributed by atoms with Crippen LogP contribution >= 0.6 is 23.2 Å². The Balaban J connectivity index is 1.98. The summed E-state index contributed by atoms with van der Waals surface area (Å²) in [5, 5.41) is 0. The summed E-state index contributed by atoms with van der Waals surface area (Å²) in [5.74, 6) is 2.54. The summed E-state index contributed by atoms with van der Waals surface area (Å²) in [6.45, 7) is 5.23. The zero-order chi connectivity index (χ0) is 18.7. The number of rotatable bonds is 18. The van der Waals surface area contributed by atoms with Crippen LogP contribution in [0.3, 0.4) is 0 Å². The first-order valence-electron chi connectivity index (χ1n) is 8.65. The second-order valence-electron chi connectivity index (χ2n) is 5.00. The molecule has 0 unspecified atom stereocenters. The predicted molar refractivity (Wildman–Crippen MR) is 102 cm³/mol. The molecule has 0 heterocycles. The van der Waals surface area contributed by atoms with Gasteiger partial charge in [-0.15, -0.1) is 23.2 Å². The molecule has 150 valence electrons. The molecule has 0 aromatic heterocycles. The molecule has 0 amide bonds. The van der Waals surface area contributed by atoms with Crippen molar-refractivity contribution < 1.29 is 28.4 Å². The van der Waals surface area contributed by atoms with Gasteiger partial charge in [-0.05, 0) is 24.3 Å². The zero-order valence-corrected chi connectivity index (χ0v) is 16.5. The van der Waals surface area contributed by atoms with Crippen molar-refractivity contribution in [2.24, 2.45) is 0 Å². The lowest BCUT2D eigenvalue weighted by Gasteiger charge is -2.10. The summed E-state index contributed by atoms with van der Waals surface area (Å²) < 4.78 is 32.3. The fourth-order valence-electron chi connectivity index (χ4n) is 1.82. The Labute approximate surface area is 165 Å². The zero-order valence-electron chi connectivity index (χ0n) is 15.0. The molecule has 1 rings (SSSR count). The smallest absolute Gasteiger partial charge is 0.119 e. The highest BCUT2D eigenvalue weighted by atomic mass is 35.5. The van der Waals surface area contributed by atoms with E-state index >= 15 is 0 Å². The van der Waals surface area contributed by atoms with Gasteiger partial charge in [0.05, 0.1) is 52.9 Å². The summed E-state index contributed by atoms with van der Waals surface area (Å²) in [7, 11) is 0. The molecule has 26 heavy (non-hydrogen) atoms. The normalized spacial score (nSPS) is 10.8. The van der Waals surface area contributed by atoms with Gasteiger partial charge in [0.25, 0.3) is 0 Å². The van der Waals surface area contributed by atoms with Crippen molar-refractivity contribution in [2.45, 2.75) is 0 Å². The molecule has 1 aromatic rings. The molecule has 0 saturated heterocycles. The van der Waals surface area contributed by atoms with Crippen molar-refractivity contribution in [2.75, 3.05) is 77.8 Å². The van der Waals surface area contributed by atoms with Gasteiger partial charge in [-0.25, -0.2) is 0 Å². The monoisotopic (exact) mass is 410 g/mol. The number of benzene rings is 1. The molecule has 0 fully saturated rings. The Kier molecular flexibility index (Phi) is 15.8. The van der Waals surface area contributed by atoms with Gasteiger partial charge in [-0.2, -0.15) is 0 Å². The number of alkyl halides is 2. The second-order valence-corrected chi connectivity index (χ2v) is 5.75. The predicted octanol–water partition coefficient (Wildman–Crippen LogP) is 2.99. The maximum atomic E-state index is 5.59. The summed E-state index contributed by atoms with van der Waals surface area (Å²) in [4.78, 5) is 0. The molecule has 0 radical (unpaired) electrons. The first kappa shape index (κ1) is 23.3. The van der Waals surface area contributed by atoms with Crippen LogP contribution in [0.4, 0.5) is 0 Å². The number of hydrogen-bond donors (Lipinski definition) is 0. The molecule has 1 aromatic carbocycles. The van der Waals surface area contributed by atoms with E-state index in [-0.39, 0.29) is 0 Å². The minimum atomic E-state index is 0.481. The van der Waals surface area contributed by atoms with Crippen LogP contribution in [0.2, 0.25) is 0 Å². The van der Waals surface area contributed by atoms with Crippen molar-refractivity contribution >= 4 is 23.2 Å². The average molecular weight is 411 g/mol. The van der Waals surface area contributed by atoms with Gasteiger partial charge < -0.3 is 28.4 Å². The van der Waals surface area contributed by atoms with Crippen LogP contribution in [0.5, 0.6) is 11.5 Å². The van der Waals surface area contributed by atoms with Gasteiger partial charge in [0, 0.05) is 11.8 Å². The Morgan fingerprint density at radius 3 is 1.12 bits per heavy atom. The van der Waals surface area contributed by atoms with E-state index in [9.17, 15) is 0 Å². The third-order valence-corrected chi connectivity index (χ3v) is 3.31. The van der Waals surface area contributed by atoms with E-state index < -0.39 is 0 Å². The summed E-state index contributed by atoms with van der Waals surface area (Å²) in [6, 6.07) is 7.44. The average Bonchev–Trinajstić information content (AvgIpc) is 2.67. The largest absolute Gasteiger partial charge is 0.491 e. The minimum Gasteiger partial charge on any atom is -0.491 e. The van der Waals surface area contributed by atoms with Crippen molar-refractivity contribution in [1.82, 2.24) is 0 Å². The van der Waals surface area contributed by atoms with E-state index in [1.807, 2.05) is 24.3 Å². The van der Waals surface area contributed by atoms with Crippen molar-refractivity contribution in [3.63, 3.8) is 0 Å². The van der Waals surface area contributed by atoms with Crippen molar-refractivity contribution in [3.8, 4) is 11.5 Å². The van der Waals surface area contributed by atoms with Crippen molar-refractivity contribution in [1.29, 1.82) is 0 Å². The second kappa shape index (κ2) is 17.6. The topological polar surface area (TPSA) is 55.4 Å². The third-order valence-electron chi connectivity index (χ3n) is 3.00. The molecular weight excluding hydrogens is 383 g/mol. The van der Waals surface area contributed by atoms with Gasteiger partial charge in [-0.1, -0.05) is 0 Å². The highest BCUT2D eigenvalue weighted by Crippen LogP contribution is 2.17. The SMILES string of the molecule is ClCCOCCOCCOc1ccc(OCCOCCOCCCl)cc1. The molecule has 8 heteroatoms. The molecule has 0 spiro atoms. The van der Waals surface area contributed by atoms with E-state index in [0.29, 0.717) is 77.8 Å². The van der Waals surface area contributed by atoms with Gasteiger partial charge in [0.1, 0.15) is 24.7 Å². The highest BCUT2D eigenvalue weighted by Gasteiger charge is 1.98. The number of hydrogen-bond acceptors (Lipinski definition) is 6. The van der Waals surface area contributed by atoms with Crippen LogP contribution in [0.25, 0.3) is 0 Å². The van der Waals surface area contributed by atoms with Crippen molar-refractivity contribution in [3.05, 3.63) is 24.3 Å². The van der Waals surface area contributed by atoms with E-state index in [1.165, 1.54) is 0 Å². The Bertz CT molecular complexity index is 380. The first-order valence-corrected chi connectivity index (χ1v) is 9.72. The summed E-state index contributed by atoms with van der Waals surface area (Å²) in [5.41, 5.74) is 0. The fraction of sp³-hybridized carbons (Fsp3) is 0.667.